The van der Waals surface area contributed by atoms with Gasteiger partial charge in [0.05, 0.1) is 25.1 Å². The Morgan fingerprint density at radius 1 is 1.08 bits per heavy atom. The molecule has 0 amide bonds. The highest BCUT2D eigenvalue weighted by Gasteiger charge is 2.17. The van der Waals surface area contributed by atoms with E-state index in [0.29, 0.717) is 6.61 Å². The van der Waals surface area contributed by atoms with Crippen LogP contribution >= 0.6 is 0 Å². The van der Waals surface area contributed by atoms with E-state index < -0.39 is 5.97 Å². The highest BCUT2D eigenvalue weighted by atomic mass is 16.5. The van der Waals surface area contributed by atoms with Crippen molar-refractivity contribution in [2.24, 2.45) is 0 Å². The Morgan fingerprint density at radius 3 is 2.42 bits per heavy atom. The molecule has 3 rings (SSSR count). The van der Waals surface area contributed by atoms with Crippen molar-refractivity contribution in [3.8, 4) is 22.7 Å². The van der Waals surface area contributed by atoms with Crippen molar-refractivity contribution in [1.82, 2.24) is 9.78 Å². The van der Waals surface area contributed by atoms with E-state index in [9.17, 15) is 4.79 Å². The molecule has 0 N–H and O–H groups in total. The van der Waals surface area contributed by atoms with Crippen molar-refractivity contribution in [2.45, 2.75) is 6.92 Å². The minimum absolute atomic E-state index is 0.269. The second-order valence-electron chi connectivity index (χ2n) is 5.11. The van der Waals surface area contributed by atoms with Gasteiger partial charge in [-0.3, -0.25) is 0 Å². The Hall–Kier alpha value is -3.08. The van der Waals surface area contributed by atoms with Crippen molar-refractivity contribution in [3.63, 3.8) is 0 Å². The second-order valence-corrected chi connectivity index (χ2v) is 5.11. The van der Waals surface area contributed by atoms with Crippen molar-refractivity contribution < 1.29 is 14.3 Å². The first-order valence-electron chi connectivity index (χ1n) is 7.70. The van der Waals surface area contributed by atoms with Gasteiger partial charge in [0, 0.05) is 5.56 Å². The molecule has 122 valence electrons. The van der Waals surface area contributed by atoms with E-state index in [1.807, 2.05) is 61.5 Å². The molecule has 24 heavy (non-hydrogen) atoms. The zero-order valence-electron chi connectivity index (χ0n) is 13.6. The van der Waals surface area contributed by atoms with Crippen LogP contribution in [0.1, 0.15) is 17.4 Å². The van der Waals surface area contributed by atoms with Crippen molar-refractivity contribution in [3.05, 3.63) is 66.4 Å². The molecule has 0 saturated heterocycles. The number of ether oxygens (including phenoxy) is 2. The van der Waals surface area contributed by atoms with Gasteiger partial charge in [-0.15, -0.1) is 0 Å². The molecule has 0 aliphatic carbocycles. The molecule has 0 atom stereocenters. The van der Waals surface area contributed by atoms with E-state index in [1.165, 1.54) is 7.11 Å². The van der Waals surface area contributed by atoms with Crippen molar-refractivity contribution in [1.29, 1.82) is 0 Å². The van der Waals surface area contributed by atoms with E-state index >= 15 is 0 Å². The van der Waals surface area contributed by atoms with E-state index in [4.69, 9.17) is 9.47 Å². The van der Waals surface area contributed by atoms with Crippen LogP contribution in [0.25, 0.3) is 16.9 Å². The zero-order valence-corrected chi connectivity index (χ0v) is 13.6. The van der Waals surface area contributed by atoms with Gasteiger partial charge in [-0.2, -0.15) is 5.10 Å². The van der Waals surface area contributed by atoms with Crippen LogP contribution in [0, 0.1) is 0 Å². The summed E-state index contributed by atoms with van der Waals surface area (Å²) in [6, 6.07) is 19.1. The Labute approximate surface area is 140 Å². The number of esters is 1. The topological polar surface area (TPSA) is 53.4 Å². The van der Waals surface area contributed by atoms with E-state index in [0.717, 1.165) is 22.7 Å². The maximum atomic E-state index is 11.9. The first-order valence-corrected chi connectivity index (χ1v) is 7.70. The summed E-state index contributed by atoms with van der Waals surface area (Å²) in [5.41, 5.74) is 2.89. The summed E-state index contributed by atoms with van der Waals surface area (Å²) in [7, 11) is 1.35. The van der Waals surface area contributed by atoms with Crippen LogP contribution in [0.4, 0.5) is 0 Å². The van der Waals surface area contributed by atoms with Crippen LogP contribution in [0.3, 0.4) is 0 Å². The lowest BCUT2D eigenvalue weighted by molar-refractivity contribution is 0.0593. The van der Waals surface area contributed by atoms with Crippen LogP contribution in [0.15, 0.2) is 60.7 Å². The van der Waals surface area contributed by atoms with Crippen molar-refractivity contribution >= 4 is 5.97 Å². The molecule has 0 bridgehead atoms. The van der Waals surface area contributed by atoms with Gasteiger partial charge in [-0.1, -0.05) is 18.2 Å². The molecule has 0 radical (unpaired) electrons. The summed E-state index contributed by atoms with van der Waals surface area (Å²) in [6.45, 7) is 2.56. The molecule has 0 fully saturated rings. The summed E-state index contributed by atoms with van der Waals surface area (Å²) in [5, 5.41) is 4.40. The lowest BCUT2D eigenvalue weighted by Gasteiger charge is -2.08. The summed E-state index contributed by atoms with van der Waals surface area (Å²) < 4.78 is 12.0. The molecule has 0 aliphatic heterocycles. The number of carbonyl (C=O) groups excluding carboxylic acids is 1. The lowest BCUT2D eigenvalue weighted by atomic mass is 10.1. The van der Waals surface area contributed by atoms with Gasteiger partial charge in [0.15, 0.2) is 5.69 Å². The molecular weight excluding hydrogens is 304 g/mol. The third kappa shape index (κ3) is 3.15. The number of hydrogen-bond acceptors (Lipinski definition) is 4. The maximum Gasteiger partial charge on any atom is 0.358 e. The van der Waals surface area contributed by atoms with Crippen molar-refractivity contribution in [2.75, 3.05) is 13.7 Å². The zero-order chi connectivity index (χ0) is 16.9. The summed E-state index contributed by atoms with van der Waals surface area (Å²) in [4.78, 5) is 11.9. The van der Waals surface area contributed by atoms with Gasteiger partial charge in [0.1, 0.15) is 5.75 Å². The van der Waals surface area contributed by atoms with Gasteiger partial charge in [0.2, 0.25) is 0 Å². The molecule has 0 aliphatic rings. The predicted molar refractivity (Wildman–Crippen MR) is 91.5 cm³/mol. The smallest absolute Gasteiger partial charge is 0.358 e. The molecule has 3 aromatic rings. The van der Waals surface area contributed by atoms with Gasteiger partial charge in [-0.05, 0) is 49.4 Å². The van der Waals surface area contributed by atoms with Crippen LogP contribution < -0.4 is 4.74 Å². The van der Waals surface area contributed by atoms with Crippen LogP contribution in [-0.4, -0.2) is 29.5 Å². The molecule has 0 spiro atoms. The number of carbonyl (C=O) groups is 1. The Bertz CT molecular complexity index is 824. The Kier molecular flexibility index (Phi) is 4.61. The second kappa shape index (κ2) is 7.00. The average molecular weight is 322 g/mol. The van der Waals surface area contributed by atoms with Gasteiger partial charge in [0.25, 0.3) is 0 Å². The fourth-order valence-electron chi connectivity index (χ4n) is 2.45. The third-order valence-corrected chi connectivity index (χ3v) is 3.57. The average Bonchev–Trinajstić information content (AvgIpc) is 3.08. The van der Waals surface area contributed by atoms with E-state index in [2.05, 4.69) is 5.10 Å². The first kappa shape index (κ1) is 15.8. The monoisotopic (exact) mass is 322 g/mol. The number of aromatic nitrogens is 2. The number of benzene rings is 2. The molecule has 0 saturated carbocycles. The number of hydrogen-bond donors (Lipinski definition) is 0. The summed E-state index contributed by atoms with van der Waals surface area (Å²) in [5.74, 6) is 0.345. The third-order valence-electron chi connectivity index (χ3n) is 3.57. The largest absolute Gasteiger partial charge is 0.494 e. The maximum absolute atomic E-state index is 11.9. The normalized spacial score (nSPS) is 10.4. The van der Waals surface area contributed by atoms with E-state index in [1.54, 1.807) is 10.7 Å². The fourth-order valence-corrected chi connectivity index (χ4v) is 2.45. The SMILES string of the molecule is CCOc1ccc(-c2cc(C(=O)OC)nn2-c2ccccc2)cc1. The Balaban J connectivity index is 2.08. The molecule has 5 nitrogen and oxygen atoms in total. The summed E-state index contributed by atoms with van der Waals surface area (Å²) >= 11 is 0. The number of para-hydroxylation sites is 1. The highest BCUT2D eigenvalue weighted by Crippen LogP contribution is 2.26. The molecule has 1 aromatic heterocycles. The quantitative estimate of drug-likeness (QED) is 0.672. The number of rotatable bonds is 5. The molecule has 0 unspecified atom stereocenters. The molecule has 1 heterocycles. The molecule has 5 heteroatoms. The van der Waals surface area contributed by atoms with E-state index in [-0.39, 0.29) is 5.69 Å². The summed E-state index contributed by atoms with van der Waals surface area (Å²) in [6.07, 6.45) is 0. The van der Waals surface area contributed by atoms with Crippen LogP contribution in [0.5, 0.6) is 5.75 Å². The molecular formula is C19H18N2O3. The number of nitrogens with zero attached hydrogens (tertiary/aromatic N) is 2. The molecule has 2 aromatic carbocycles. The van der Waals surface area contributed by atoms with Crippen LogP contribution in [0.2, 0.25) is 0 Å². The van der Waals surface area contributed by atoms with Gasteiger partial charge in [-0.25, -0.2) is 9.48 Å². The Morgan fingerprint density at radius 2 is 1.79 bits per heavy atom. The highest BCUT2D eigenvalue weighted by molar-refractivity contribution is 5.89. The standard InChI is InChI=1S/C19H18N2O3/c1-3-24-16-11-9-14(10-12-16)18-13-17(19(22)23-2)20-21(18)15-7-5-4-6-8-15/h4-13H,3H2,1-2H3. The fraction of sp³-hybridized carbons (Fsp3) is 0.158. The number of methoxy groups -OCH3 is 1. The minimum Gasteiger partial charge on any atom is -0.494 e. The van der Waals surface area contributed by atoms with Gasteiger partial charge >= 0.3 is 5.97 Å². The first-order chi connectivity index (χ1) is 11.7. The predicted octanol–water partition coefficient (Wildman–Crippen LogP) is 3.72. The van der Waals surface area contributed by atoms with Crippen LogP contribution in [-0.2, 0) is 4.74 Å². The minimum atomic E-state index is -0.461. The van der Waals surface area contributed by atoms with Gasteiger partial charge < -0.3 is 9.47 Å². The lowest BCUT2D eigenvalue weighted by Crippen LogP contribution is -2.04.